The van der Waals surface area contributed by atoms with Crippen molar-refractivity contribution in [1.29, 1.82) is 0 Å². The van der Waals surface area contributed by atoms with Crippen LogP contribution < -0.4 is 10.6 Å². The number of rotatable bonds is 3. The molecular formula is C15H12ClIN2O2. The highest BCUT2D eigenvalue weighted by atomic mass is 127. The third kappa shape index (κ3) is 4.44. The Morgan fingerprint density at radius 1 is 1.10 bits per heavy atom. The highest BCUT2D eigenvalue weighted by Gasteiger charge is 2.09. The molecule has 108 valence electrons. The van der Waals surface area contributed by atoms with E-state index in [0.717, 1.165) is 3.57 Å². The Kier molecular flexibility index (Phi) is 5.19. The van der Waals surface area contributed by atoms with E-state index in [1.165, 1.54) is 6.92 Å². The molecule has 2 rings (SSSR count). The number of carbonyl (C=O) groups is 2. The summed E-state index contributed by atoms with van der Waals surface area (Å²) in [4.78, 5) is 23.1. The zero-order valence-electron chi connectivity index (χ0n) is 11.1. The molecule has 0 spiro atoms. The quantitative estimate of drug-likeness (QED) is 0.741. The molecule has 0 aliphatic rings. The molecule has 0 saturated carbocycles. The van der Waals surface area contributed by atoms with Gasteiger partial charge in [-0.25, -0.2) is 0 Å². The summed E-state index contributed by atoms with van der Waals surface area (Å²) < 4.78 is 0.979. The summed E-state index contributed by atoms with van der Waals surface area (Å²) >= 11 is 8.25. The zero-order valence-corrected chi connectivity index (χ0v) is 14.0. The molecule has 0 aliphatic carbocycles. The molecule has 21 heavy (non-hydrogen) atoms. The van der Waals surface area contributed by atoms with Crippen molar-refractivity contribution >= 4 is 57.4 Å². The maximum absolute atomic E-state index is 12.1. The van der Waals surface area contributed by atoms with Crippen molar-refractivity contribution in [3.05, 3.63) is 56.6 Å². The Bertz CT molecular complexity index is 704. The molecular weight excluding hydrogens is 403 g/mol. The summed E-state index contributed by atoms with van der Waals surface area (Å²) in [5, 5.41) is 5.74. The van der Waals surface area contributed by atoms with E-state index >= 15 is 0 Å². The van der Waals surface area contributed by atoms with Crippen LogP contribution in [0.5, 0.6) is 0 Å². The van der Waals surface area contributed by atoms with E-state index in [0.29, 0.717) is 22.0 Å². The van der Waals surface area contributed by atoms with Gasteiger partial charge in [0.05, 0.1) is 10.7 Å². The van der Waals surface area contributed by atoms with E-state index in [1.54, 1.807) is 30.3 Å². The van der Waals surface area contributed by atoms with Crippen LogP contribution in [0, 0.1) is 3.57 Å². The second-order valence-corrected chi connectivity index (χ2v) is 5.99. The van der Waals surface area contributed by atoms with E-state index in [2.05, 4.69) is 33.2 Å². The second-order valence-electron chi connectivity index (χ2n) is 4.34. The standard InChI is InChI=1S/C15H12ClIN2O2/c1-9(20)18-12-5-6-14(13(16)8-12)19-15(21)10-3-2-4-11(17)7-10/h2-8H,1H3,(H,18,20)(H,19,21). The van der Waals surface area contributed by atoms with Gasteiger partial charge < -0.3 is 10.6 Å². The summed E-state index contributed by atoms with van der Waals surface area (Å²) in [6.07, 6.45) is 0. The lowest BCUT2D eigenvalue weighted by Gasteiger charge is -2.09. The van der Waals surface area contributed by atoms with Crippen molar-refractivity contribution in [2.75, 3.05) is 10.6 Å². The average Bonchev–Trinajstić information content (AvgIpc) is 2.41. The third-order valence-electron chi connectivity index (χ3n) is 2.62. The fourth-order valence-electron chi connectivity index (χ4n) is 1.72. The van der Waals surface area contributed by atoms with Gasteiger partial charge in [0.15, 0.2) is 0 Å². The minimum Gasteiger partial charge on any atom is -0.326 e. The summed E-state index contributed by atoms with van der Waals surface area (Å²) in [5.41, 5.74) is 1.64. The lowest BCUT2D eigenvalue weighted by atomic mass is 10.2. The monoisotopic (exact) mass is 414 g/mol. The number of hydrogen-bond acceptors (Lipinski definition) is 2. The van der Waals surface area contributed by atoms with Crippen LogP contribution in [0.1, 0.15) is 17.3 Å². The van der Waals surface area contributed by atoms with Crippen LogP contribution in [0.2, 0.25) is 5.02 Å². The Labute approximate surface area is 141 Å². The predicted molar refractivity (Wildman–Crippen MR) is 92.9 cm³/mol. The smallest absolute Gasteiger partial charge is 0.255 e. The molecule has 2 N–H and O–H groups in total. The van der Waals surface area contributed by atoms with E-state index in [-0.39, 0.29) is 11.8 Å². The van der Waals surface area contributed by atoms with Gasteiger partial charge in [0.25, 0.3) is 5.91 Å². The lowest BCUT2D eigenvalue weighted by Crippen LogP contribution is -2.12. The number of amides is 2. The van der Waals surface area contributed by atoms with Crippen molar-refractivity contribution in [3.8, 4) is 0 Å². The Morgan fingerprint density at radius 2 is 1.86 bits per heavy atom. The molecule has 2 aromatic rings. The van der Waals surface area contributed by atoms with Gasteiger partial charge in [0.1, 0.15) is 0 Å². The van der Waals surface area contributed by atoms with Crippen molar-refractivity contribution < 1.29 is 9.59 Å². The Balaban J connectivity index is 2.16. The fraction of sp³-hybridized carbons (Fsp3) is 0.0667. The van der Waals surface area contributed by atoms with Gasteiger partial charge in [-0.15, -0.1) is 0 Å². The number of nitrogens with one attached hydrogen (secondary N) is 2. The van der Waals surface area contributed by atoms with Gasteiger partial charge in [0, 0.05) is 21.7 Å². The minimum atomic E-state index is -0.234. The number of carbonyl (C=O) groups excluding carboxylic acids is 2. The molecule has 0 unspecified atom stereocenters. The van der Waals surface area contributed by atoms with Crippen LogP contribution in [0.3, 0.4) is 0 Å². The van der Waals surface area contributed by atoms with E-state index in [9.17, 15) is 9.59 Å². The maximum Gasteiger partial charge on any atom is 0.255 e. The van der Waals surface area contributed by atoms with Gasteiger partial charge in [0.2, 0.25) is 5.91 Å². The number of anilines is 2. The Morgan fingerprint density at radius 3 is 2.48 bits per heavy atom. The highest BCUT2D eigenvalue weighted by molar-refractivity contribution is 14.1. The molecule has 0 atom stereocenters. The molecule has 0 fully saturated rings. The van der Waals surface area contributed by atoms with Gasteiger partial charge in [-0.1, -0.05) is 17.7 Å². The Hall–Kier alpha value is -1.60. The largest absolute Gasteiger partial charge is 0.326 e. The van der Waals surface area contributed by atoms with E-state index in [4.69, 9.17) is 11.6 Å². The van der Waals surface area contributed by atoms with Crippen LogP contribution in [-0.2, 0) is 4.79 Å². The van der Waals surface area contributed by atoms with Crippen molar-refractivity contribution in [3.63, 3.8) is 0 Å². The lowest BCUT2D eigenvalue weighted by molar-refractivity contribution is -0.114. The molecule has 0 saturated heterocycles. The van der Waals surface area contributed by atoms with Crippen LogP contribution in [0.4, 0.5) is 11.4 Å². The fourth-order valence-corrected chi connectivity index (χ4v) is 2.49. The molecule has 0 radical (unpaired) electrons. The predicted octanol–water partition coefficient (Wildman–Crippen LogP) is 4.16. The van der Waals surface area contributed by atoms with Gasteiger partial charge in [-0.3, -0.25) is 9.59 Å². The second kappa shape index (κ2) is 6.91. The van der Waals surface area contributed by atoms with Gasteiger partial charge in [-0.2, -0.15) is 0 Å². The van der Waals surface area contributed by atoms with E-state index in [1.807, 2.05) is 12.1 Å². The highest BCUT2D eigenvalue weighted by Crippen LogP contribution is 2.26. The molecule has 0 bridgehead atoms. The van der Waals surface area contributed by atoms with Crippen LogP contribution >= 0.6 is 34.2 Å². The van der Waals surface area contributed by atoms with Gasteiger partial charge in [-0.05, 0) is 59.0 Å². The topological polar surface area (TPSA) is 58.2 Å². The molecule has 2 amide bonds. The van der Waals surface area contributed by atoms with Crippen LogP contribution in [-0.4, -0.2) is 11.8 Å². The van der Waals surface area contributed by atoms with Crippen molar-refractivity contribution in [2.45, 2.75) is 6.92 Å². The SMILES string of the molecule is CC(=O)Nc1ccc(NC(=O)c2cccc(I)c2)c(Cl)c1. The minimum absolute atomic E-state index is 0.179. The molecule has 2 aromatic carbocycles. The van der Waals surface area contributed by atoms with Crippen LogP contribution in [0.25, 0.3) is 0 Å². The van der Waals surface area contributed by atoms with Crippen molar-refractivity contribution in [2.24, 2.45) is 0 Å². The molecule has 0 aliphatic heterocycles. The summed E-state index contributed by atoms with van der Waals surface area (Å²) in [7, 11) is 0. The maximum atomic E-state index is 12.1. The number of hydrogen-bond donors (Lipinski definition) is 2. The molecule has 0 heterocycles. The molecule has 4 nitrogen and oxygen atoms in total. The number of benzene rings is 2. The van der Waals surface area contributed by atoms with E-state index < -0.39 is 0 Å². The first-order valence-corrected chi connectivity index (χ1v) is 7.55. The zero-order chi connectivity index (χ0) is 15.4. The average molecular weight is 415 g/mol. The number of halogens is 2. The van der Waals surface area contributed by atoms with Crippen LogP contribution in [0.15, 0.2) is 42.5 Å². The first-order valence-electron chi connectivity index (χ1n) is 6.10. The van der Waals surface area contributed by atoms with Crippen molar-refractivity contribution in [1.82, 2.24) is 0 Å². The van der Waals surface area contributed by atoms with Gasteiger partial charge >= 0.3 is 0 Å². The normalized spacial score (nSPS) is 10.0. The first-order chi connectivity index (χ1) is 9.95. The summed E-state index contributed by atoms with van der Waals surface area (Å²) in [6.45, 7) is 1.42. The third-order valence-corrected chi connectivity index (χ3v) is 3.61. The summed E-state index contributed by atoms with van der Waals surface area (Å²) in [5.74, 6) is -0.413. The summed E-state index contributed by atoms with van der Waals surface area (Å²) in [6, 6.07) is 12.2. The molecule has 0 aromatic heterocycles. The first kappa shape index (κ1) is 15.8. The molecule has 6 heteroatoms.